The Kier molecular flexibility index (Phi) is 4.73. The molecule has 6 heteroatoms. The lowest BCUT2D eigenvalue weighted by molar-refractivity contribution is -0.131. The maximum atomic E-state index is 12.8. The van der Waals surface area contributed by atoms with Crippen LogP contribution >= 0.6 is 0 Å². The van der Waals surface area contributed by atoms with Crippen molar-refractivity contribution in [2.24, 2.45) is 0 Å². The van der Waals surface area contributed by atoms with Crippen molar-refractivity contribution in [3.05, 3.63) is 47.7 Å². The molecule has 1 aliphatic heterocycles. The first-order valence-electron chi connectivity index (χ1n) is 8.39. The third kappa shape index (κ3) is 3.63. The number of carbonyl (C=O) groups is 1. The SMILES string of the molecule is C=CCN(C(=O)Cc1coc2cc(C)c(C)cc12)[C@@H]1CCS(=O)(=O)C1. The molecular weight excluding hydrogens is 338 g/mol. The van der Waals surface area contributed by atoms with E-state index in [1.807, 2.05) is 26.0 Å². The maximum Gasteiger partial charge on any atom is 0.227 e. The first kappa shape index (κ1) is 17.7. The molecule has 3 rings (SSSR count). The molecule has 2 aromatic rings. The summed E-state index contributed by atoms with van der Waals surface area (Å²) in [5.41, 5.74) is 3.89. The summed E-state index contributed by atoms with van der Waals surface area (Å²) in [6.45, 7) is 8.10. The number of aryl methyl sites for hydroxylation is 2. The molecule has 0 saturated carbocycles. The number of hydrogen-bond acceptors (Lipinski definition) is 4. The Bertz CT molecular complexity index is 926. The summed E-state index contributed by atoms with van der Waals surface area (Å²) >= 11 is 0. The van der Waals surface area contributed by atoms with E-state index in [2.05, 4.69) is 6.58 Å². The number of amides is 1. The van der Waals surface area contributed by atoms with Gasteiger partial charge in [-0.1, -0.05) is 6.08 Å². The molecule has 0 radical (unpaired) electrons. The van der Waals surface area contributed by atoms with Crippen LogP contribution in [0, 0.1) is 13.8 Å². The zero-order valence-corrected chi connectivity index (χ0v) is 15.4. The van der Waals surface area contributed by atoms with Crippen LogP contribution in [0.4, 0.5) is 0 Å². The molecule has 5 nitrogen and oxygen atoms in total. The van der Waals surface area contributed by atoms with E-state index in [9.17, 15) is 13.2 Å². The van der Waals surface area contributed by atoms with Gasteiger partial charge >= 0.3 is 0 Å². The molecule has 1 saturated heterocycles. The largest absolute Gasteiger partial charge is 0.464 e. The zero-order valence-electron chi connectivity index (χ0n) is 14.6. The van der Waals surface area contributed by atoms with Gasteiger partial charge in [-0.2, -0.15) is 0 Å². The van der Waals surface area contributed by atoms with E-state index in [0.717, 1.165) is 27.7 Å². The summed E-state index contributed by atoms with van der Waals surface area (Å²) in [6, 6.07) is 3.75. The topological polar surface area (TPSA) is 67.6 Å². The van der Waals surface area contributed by atoms with Crippen LogP contribution in [0.3, 0.4) is 0 Å². The van der Waals surface area contributed by atoms with Gasteiger partial charge in [-0.05, 0) is 43.5 Å². The highest BCUT2D eigenvalue weighted by Gasteiger charge is 2.34. The highest BCUT2D eigenvalue weighted by atomic mass is 32.2. The average molecular weight is 361 g/mol. The quantitative estimate of drug-likeness (QED) is 0.768. The van der Waals surface area contributed by atoms with Crippen LogP contribution in [-0.4, -0.2) is 43.3 Å². The van der Waals surface area contributed by atoms with E-state index in [-0.39, 0.29) is 29.9 Å². The van der Waals surface area contributed by atoms with Crippen LogP contribution in [0.2, 0.25) is 0 Å². The highest BCUT2D eigenvalue weighted by molar-refractivity contribution is 7.91. The van der Waals surface area contributed by atoms with Crippen molar-refractivity contribution < 1.29 is 17.6 Å². The minimum atomic E-state index is -3.05. The van der Waals surface area contributed by atoms with Crippen LogP contribution in [-0.2, 0) is 21.1 Å². The molecule has 1 amide bonds. The Morgan fingerprint density at radius 1 is 1.36 bits per heavy atom. The summed E-state index contributed by atoms with van der Waals surface area (Å²) in [5, 5.41) is 0.939. The van der Waals surface area contributed by atoms with Gasteiger partial charge in [0.15, 0.2) is 9.84 Å². The molecule has 134 valence electrons. The second-order valence-electron chi connectivity index (χ2n) is 6.76. The fourth-order valence-corrected chi connectivity index (χ4v) is 5.08. The monoisotopic (exact) mass is 361 g/mol. The van der Waals surface area contributed by atoms with Crippen LogP contribution in [0.1, 0.15) is 23.1 Å². The fourth-order valence-electron chi connectivity index (χ4n) is 3.35. The maximum absolute atomic E-state index is 12.8. The van der Waals surface area contributed by atoms with Crippen molar-refractivity contribution in [2.75, 3.05) is 18.1 Å². The number of furan rings is 1. The van der Waals surface area contributed by atoms with Crippen molar-refractivity contribution in [2.45, 2.75) is 32.7 Å². The minimum Gasteiger partial charge on any atom is -0.464 e. The van der Waals surface area contributed by atoms with E-state index < -0.39 is 9.84 Å². The van der Waals surface area contributed by atoms with Gasteiger partial charge < -0.3 is 9.32 Å². The van der Waals surface area contributed by atoms with Crippen LogP contribution in [0.15, 0.2) is 35.5 Å². The van der Waals surface area contributed by atoms with Gasteiger partial charge in [-0.15, -0.1) is 6.58 Å². The van der Waals surface area contributed by atoms with E-state index in [1.54, 1.807) is 17.2 Å². The smallest absolute Gasteiger partial charge is 0.227 e. The predicted molar refractivity (Wildman–Crippen MR) is 98.4 cm³/mol. The molecule has 0 aliphatic carbocycles. The van der Waals surface area contributed by atoms with Gasteiger partial charge in [0.25, 0.3) is 0 Å². The van der Waals surface area contributed by atoms with Crippen LogP contribution in [0.25, 0.3) is 11.0 Å². The van der Waals surface area contributed by atoms with Crippen molar-refractivity contribution >= 4 is 26.7 Å². The number of fused-ring (bicyclic) bond motifs is 1. The van der Waals surface area contributed by atoms with Gasteiger partial charge in [0.1, 0.15) is 5.58 Å². The second-order valence-corrected chi connectivity index (χ2v) is 8.99. The van der Waals surface area contributed by atoms with Crippen molar-refractivity contribution in [3.63, 3.8) is 0 Å². The van der Waals surface area contributed by atoms with Crippen molar-refractivity contribution in [3.8, 4) is 0 Å². The first-order valence-corrected chi connectivity index (χ1v) is 10.2. The van der Waals surface area contributed by atoms with Gasteiger partial charge in [0.05, 0.1) is 24.2 Å². The van der Waals surface area contributed by atoms with Crippen molar-refractivity contribution in [1.82, 2.24) is 4.90 Å². The molecule has 0 bridgehead atoms. The van der Waals surface area contributed by atoms with Gasteiger partial charge in [-0.3, -0.25) is 4.79 Å². The fraction of sp³-hybridized carbons (Fsp3) is 0.421. The molecule has 2 heterocycles. The zero-order chi connectivity index (χ0) is 18.2. The summed E-state index contributed by atoms with van der Waals surface area (Å²) in [5.74, 6) is 0.0887. The molecule has 0 N–H and O–H groups in total. The Hall–Kier alpha value is -2.08. The third-order valence-corrected chi connectivity index (χ3v) is 6.66. The Balaban J connectivity index is 1.84. The minimum absolute atomic E-state index is 0.0387. The third-order valence-electron chi connectivity index (χ3n) is 4.91. The second kappa shape index (κ2) is 6.67. The van der Waals surface area contributed by atoms with Crippen molar-refractivity contribution in [1.29, 1.82) is 0 Å². The van der Waals surface area contributed by atoms with E-state index >= 15 is 0 Å². The van der Waals surface area contributed by atoms with E-state index in [4.69, 9.17) is 4.42 Å². The Morgan fingerprint density at radius 3 is 2.72 bits per heavy atom. The molecule has 1 aromatic heterocycles. The Morgan fingerprint density at radius 2 is 2.08 bits per heavy atom. The molecule has 25 heavy (non-hydrogen) atoms. The molecule has 1 aromatic carbocycles. The van der Waals surface area contributed by atoms with Gasteiger partial charge in [0.2, 0.25) is 5.91 Å². The van der Waals surface area contributed by atoms with Crippen LogP contribution < -0.4 is 0 Å². The lowest BCUT2D eigenvalue weighted by Crippen LogP contribution is -2.42. The molecule has 0 unspecified atom stereocenters. The molecular formula is C19H23NO4S. The van der Waals surface area contributed by atoms with Gasteiger partial charge in [0, 0.05) is 23.5 Å². The lowest BCUT2D eigenvalue weighted by Gasteiger charge is -2.27. The number of carbonyl (C=O) groups excluding carboxylic acids is 1. The number of rotatable bonds is 5. The highest BCUT2D eigenvalue weighted by Crippen LogP contribution is 2.26. The summed E-state index contributed by atoms with van der Waals surface area (Å²) in [7, 11) is -3.05. The number of nitrogens with zero attached hydrogens (tertiary/aromatic N) is 1. The molecule has 1 atom stereocenters. The predicted octanol–water partition coefficient (Wildman–Crippen LogP) is 2.79. The standard InChI is InChI=1S/C19H23NO4S/c1-4-6-20(16-5-7-25(22,23)12-16)19(21)10-15-11-24-18-9-14(3)13(2)8-17(15)18/h4,8-9,11,16H,1,5-7,10,12H2,2-3H3/t16-/m1/s1. The van der Waals surface area contributed by atoms with Gasteiger partial charge in [-0.25, -0.2) is 8.42 Å². The summed E-state index contributed by atoms with van der Waals surface area (Å²) < 4.78 is 29.1. The van der Waals surface area contributed by atoms with E-state index in [0.29, 0.717) is 13.0 Å². The molecule has 1 fully saturated rings. The number of benzene rings is 1. The average Bonchev–Trinajstić information content (AvgIpc) is 3.09. The number of sulfone groups is 1. The summed E-state index contributed by atoms with van der Waals surface area (Å²) in [6.07, 6.45) is 3.95. The number of hydrogen-bond donors (Lipinski definition) is 0. The summed E-state index contributed by atoms with van der Waals surface area (Å²) in [4.78, 5) is 14.5. The first-order chi connectivity index (χ1) is 11.8. The lowest BCUT2D eigenvalue weighted by atomic mass is 10.0. The Labute approximate surface area is 148 Å². The van der Waals surface area contributed by atoms with Crippen LogP contribution in [0.5, 0.6) is 0 Å². The normalized spacial score (nSPS) is 19.2. The van der Waals surface area contributed by atoms with E-state index in [1.165, 1.54) is 0 Å². The molecule has 1 aliphatic rings. The molecule has 0 spiro atoms.